The molecule has 0 saturated carbocycles. The highest BCUT2D eigenvalue weighted by atomic mass is 15.1. The Morgan fingerprint density at radius 3 is 2.55 bits per heavy atom. The number of unbranched alkanes of at least 4 members (excludes halogenated alkanes) is 2. The monoisotopic (exact) mass is 276 g/mol. The van der Waals surface area contributed by atoms with Crippen LogP contribution in [-0.2, 0) is 13.5 Å². The highest BCUT2D eigenvalue weighted by molar-refractivity contribution is 5.08. The summed E-state index contributed by atoms with van der Waals surface area (Å²) < 4.78 is 2.13. The molecule has 0 aromatic carbocycles. The molecule has 3 nitrogen and oxygen atoms in total. The van der Waals surface area contributed by atoms with Crippen molar-refractivity contribution >= 4 is 0 Å². The maximum absolute atomic E-state index is 3.20. The Hall–Kier alpha value is -1.51. The number of nitrogens with one attached hydrogen (secondary N) is 1. The Morgan fingerprint density at radius 1 is 1.20 bits per heavy atom. The number of aryl methyl sites for hydroxylation is 2. The minimum atomic E-state index is 1.09. The Balaban J connectivity index is 0.000000200. The van der Waals surface area contributed by atoms with Gasteiger partial charge in [-0.2, -0.15) is 0 Å². The van der Waals surface area contributed by atoms with Crippen molar-refractivity contribution in [3.63, 3.8) is 0 Å². The summed E-state index contributed by atoms with van der Waals surface area (Å²) >= 11 is 0. The predicted octanol–water partition coefficient (Wildman–Crippen LogP) is 3.35. The molecular formula is C17H30N3+. The molecule has 0 radical (unpaired) electrons. The highest BCUT2D eigenvalue weighted by Gasteiger charge is 2.03. The third-order valence-electron chi connectivity index (χ3n) is 3.42. The van der Waals surface area contributed by atoms with E-state index in [0.29, 0.717) is 0 Å². The first kappa shape index (κ1) is 16.5. The van der Waals surface area contributed by atoms with E-state index in [0.717, 1.165) is 6.54 Å². The van der Waals surface area contributed by atoms with Crippen LogP contribution in [0, 0.1) is 0 Å². The number of hydrogen-bond donors (Lipinski definition) is 1. The van der Waals surface area contributed by atoms with Gasteiger partial charge in [-0.15, -0.1) is 0 Å². The second-order valence-electron chi connectivity index (χ2n) is 5.24. The van der Waals surface area contributed by atoms with Gasteiger partial charge in [0.1, 0.15) is 12.4 Å². The van der Waals surface area contributed by atoms with Gasteiger partial charge < -0.3 is 4.90 Å². The van der Waals surface area contributed by atoms with Crippen LogP contribution in [0.15, 0.2) is 36.8 Å². The first-order valence-corrected chi connectivity index (χ1v) is 7.87. The molecule has 1 N–H and O–H groups in total. The fraction of sp³-hybridized carbons (Fsp3) is 0.588. The van der Waals surface area contributed by atoms with Gasteiger partial charge in [-0.05, 0) is 25.1 Å². The van der Waals surface area contributed by atoms with E-state index >= 15 is 0 Å². The normalized spacial score (nSPS) is 13.2. The van der Waals surface area contributed by atoms with Gasteiger partial charge in [-0.3, -0.25) is 0 Å². The van der Waals surface area contributed by atoms with Gasteiger partial charge in [-0.25, -0.2) is 9.55 Å². The van der Waals surface area contributed by atoms with Gasteiger partial charge >= 0.3 is 0 Å². The van der Waals surface area contributed by atoms with Crippen LogP contribution in [0.1, 0.15) is 45.4 Å². The van der Waals surface area contributed by atoms with Crippen molar-refractivity contribution in [1.29, 1.82) is 0 Å². The number of nitrogens with zero attached hydrogens (tertiary/aromatic N) is 2. The van der Waals surface area contributed by atoms with E-state index in [1.54, 1.807) is 0 Å². The van der Waals surface area contributed by atoms with Crippen molar-refractivity contribution in [2.24, 2.45) is 7.05 Å². The zero-order chi connectivity index (χ0) is 14.6. The maximum Gasteiger partial charge on any atom is 0.253 e. The van der Waals surface area contributed by atoms with Gasteiger partial charge in [0, 0.05) is 19.5 Å². The Labute approximate surface area is 124 Å². The predicted molar refractivity (Wildman–Crippen MR) is 85.3 cm³/mol. The smallest absolute Gasteiger partial charge is 0.253 e. The summed E-state index contributed by atoms with van der Waals surface area (Å²) in [5.41, 5.74) is 0. The summed E-state index contributed by atoms with van der Waals surface area (Å²) in [6.45, 7) is 6.74. The molecule has 0 aliphatic carbocycles. The molecule has 1 aromatic heterocycles. The lowest BCUT2D eigenvalue weighted by Gasteiger charge is -2.19. The van der Waals surface area contributed by atoms with Crippen LogP contribution < -0.4 is 4.57 Å². The molecule has 1 aliphatic rings. The Bertz CT molecular complexity index is 404. The number of aromatic amines is 1. The van der Waals surface area contributed by atoms with E-state index in [9.17, 15) is 0 Å². The van der Waals surface area contributed by atoms with Crippen LogP contribution in [0.5, 0.6) is 0 Å². The molecular weight excluding hydrogens is 246 g/mol. The summed E-state index contributed by atoms with van der Waals surface area (Å²) in [6.07, 6.45) is 18.9. The van der Waals surface area contributed by atoms with Crippen molar-refractivity contribution in [2.45, 2.75) is 46.0 Å². The molecule has 0 bridgehead atoms. The molecule has 1 aromatic rings. The number of rotatable bonds is 6. The van der Waals surface area contributed by atoms with Gasteiger partial charge in [-0.1, -0.05) is 38.8 Å². The van der Waals surface area contributed by atoms with E-state index in [1.807, 2.05) is 12.4 Å². The van der Waals surface area contributed by atoms with E-state index < -0.39 is 0 Å². The summed E-state index contributed by atoms with van der Waals surface area (Å²) in [7, 11) is 2.07. The maximum atomic E-state index is 3.20. The van der Waals surface area contributed by atoms with Gasteiger partial charge in [0.15, 0.2) is 0 Å². The van der Waals surface area contributed by atoms with Crippen molar-refractivity contribution in [2.75, 3.05) is 13.1 Å². The van der Waals surface area contributed by atoms with E-state index in [2.05, 4.69) is 59.8 Å². The van der Waals surface area contributed by atoms with Gasteiger partial charge in [0.05, 0.1) is 7.05 Å². The average molecular weight is 276 g/mol. The third-order valence-corrected chi connectivity index (χ3v) is 3.42. The molecule has 2 heterocycles. The quantitative estimate of drug-likeness (QED) is 0.791. The minimum absolute atomic E-state index is 1.09. The fourth-order valence-electron chi connectivity index (χ4n) is 2.06. The first-order valence-electron chi connectivity index (χ1n) is 7.87. The number of aromatic nitrogens is 2. The van der Waals surface area contributed by atoms with Crippen molar-refractivity contribution in [3.05, 3.63) is 42.6 Å². The standard InChI is InChI=1S/C9H15N.C8H14N2/c1-2-3-7-10-8-5-4-6-9-10;1-3-4-5-8-9-6-7-10(8)2/h4-6,8H,2-3,7,9H2,1H3;6-7H,3-5H2,1-2H3/p+1. The highest BCUT2D eigenvalue weighted by Crippen LogP contribution is 2.00. The van der Waals surface area contributed by atoms with Crippen LogP contribution in [0.3, 0.4) is 0 Å². The minimum Gasteiger partial charge on any atom is -0.374 e. The number of allylic oxidation sites excluding steroid dienone is 2. The molecule has 0 saturated heterocycles. The third kappa shape index (κ3) is 6.60. The van der Waals surface area contributed by atoms with Gasteiger partial charge in [0.25, 0.3) is 5.82 Å². The van der Waals surface area contributed by atoms with Crippen LogP contribution in [0.2, 0.25) is 0 Å². The molecule has 0 unspecified atom stereocenters. The molecule has 0 fully saturated rings. The second-order valence-corrected chi connectivity index (χ2v) is 5.24. The van der Waals surface area contributed by atoms with Crippen LogP contribution >= 0.6 is 0 Å². The van der Waals surface area contributed by atoms with E-state index in [-0.39, 0.29) is 0 Å². The first-order chi connectivity index (χ1) is 9.77. The summed E-state index contributed by atoms with van der Waals surface area (Å²) in [5.74, 6) is 1.32. The Morgan fingerprint density at radius 2 is 2.00 bits per heavy atom. The lowest BCUT2D eigenvalue weighted by atomic mass is 10.2. The molecule has 3 heteroatoms. The molecule has 112 valence electrons. The van der Waals surface area contributed by atoms with Crippen LogP contribution in [-0.4, -0.2) is 23.0 Å². The molecule has 1 aliphatic heterocycles. The van der Waals surface area contributed by atoms with Crippen molar-refractivity contribution in [3.8, 4) is 0 Å². The molecule has 0 spiro atoms. The van der Waals surface area contributed by atoms with Crippen molar-refractivity contribution < 1.29 is 4.57 Å². The van der Waals surface area contributed by atoms with Crippen molar-refractivity contribution in [1.82, 2.24) is 9.88 Å². The molecule has 20 heavy (non-hydrogen) atoms. The summed E-state index contributed by atoms with van der Waals surface area (Å²) in [5, 5.41) is 0. The summed E-state index contributed by atoms with van der Waals surface area (Å²) in [4.78, 5) is 5.54. The number of hydrogen-bond acceptors (Lipinski definition) is 1. The number of H-pyrrole nitrogens is 1. The molecule has 0 atom stereocenters. The lowest BCUT2D eigenvalue weighted by Crippen LogP contribution is -2.30. The molecule has 0 amide bonds. The SMILES string of the molecule is CCCCN1C=CC=CC1.CCCCc1[nH]cc[n+]1C. The van der Waals surface area contributed by atoms with Crippen LogP contribution in [0.25, 0.3) is 0 Å². The van der Waals surface area contributed by atoms with E-state index in [1.165, 1.54) is 44.5 Å². The topological polar surface area (TPSA) is 22.9 Å². The van der Waals surface area contributed by atoms with Crippen LogP contribution in [0.4, 0.5) is 0 Å². The lowest BCUT2D eigenvalue weighted by molar-refractivity contribution is -0.677. The fourth-order valence-corrected chi connectivity index (χ4v) is 2.06. The number of imidazole rings is 1. The molecule has 2 rings (SSSR count). The zero-order valence-corrected chi connectivity index (χ0v) is 13.3. The van der Waals surface area contributed by atoms with Gasteiger partial charge in [0.2, 0.25) is 0 Å². The second kappa shape index (κ2) is 10.3. The Kier molecular flexibility index (Phi) is 8.52. The zero-order valence-electron chi connectivity index (χ0n) is 13.3. The van der Waals surface area contributed by atoms with E-state index in [4.69, 9.17) is 0 Å². The summed E-state index contributed by atoms with van der Waals surface area (Å²) in [6, 6.07) is 0. The largest absolute Gasteiger partial charge is 0.374 e. The average Bonchev–Trinajstić information content (AvgIpc) is 2.90.